The molecule has 15 heavy (non-hydrogen) atoms. The molecule has 1 aromatic heterocycles. The third kappa shape index (κ3) is 2.17. The van der Waals surface area contributed by atoms with Crippen LogP contribution < -0.4 is 5.32 Å². The average Bonchev–Trinajstić information content (AvgIpc) is 2.29. The van der Waals surface area contributed by atoms with Gasteiger partial charge in [0.25, 0.3) is 0 Å². The lowest BCUT2D eigenvalue weighted by Gasteiger charge is -2.42. The number of nitrogens with one attached hydrogen (secondary N) is 1. The van der Waals surface area contributed by atoms with Crippen LogP contribution in [0.3, 0.4) is 0 Å². The number of nitrogens with zero attached hydrogens (tertiary/aromatic N) is 2. The fourth-order valence-corrected chi connectivity index (χ4v) is 2.28. The van der Waals surface area contributed by atoms with Gasteiger partial charge in [-0.05, 0) is 25.3 Å². The van der Waals surface area contributed by atoms with Gasteiger partial charge in [-0.3, -0.25) is 9.97 Å². The van der Waals surface area contributed by atoms with Crippen LogP contribution >= 0.6 is 0 Å². The highest BCUT2D eigenvalue weighted by molar-refractivity contribution is 5.13. The summed E-state index contributed by atoms with van der Waals surface area (Å²) < 4.78 is 0. The van der Waals surface area contributed by atoms with E-state index in [0.717, 1.165) is 12.2 Å². The van der Waals surface area contributed by atoms with Crippen LogP contribution in [0.1, 0.15) is 38.3 Å². The number of hydrogen-bond donors (Lipinski definition) is 1. The Labute approximate surface area is 91.3 Å². The van der Waals surface area contributed by atoms with Crippen molar-refractivity contribution in [1.82, 2.24) is 15.3 Å². The standard InChI is InChI=1S/C12H19N3/c1-3-4-14-11-7-10(9(11)2)12-8-13-5-6-15-12/h5-6,8-11,14H,3-4,7H2,1-2H3. The minimum Gasteiger partial charge on any atom is -0.314 e. The predicted molar refractivity (Wildman–Crippen MR) is 60.6 cm³/mol. The summed E-state index contributed by atoms with van der Waals surface area (Å²) in [6, 6.07) is 0.678. The van der Waals surface area contributed by atoms with E-state index in [1.807, 2.05) is 6.20 Å². The molecule has 0 saturated heterocycles. The third-order valence-corrected chi connectivity index (χ3v) is 3.40. The van der Waals surface area contributed by atoms with Gasteiger partial charge in [0.15, 0.2) is 0 Å². The maximum Gasteiger partial charge on any atom is 0.0621 e. The summed E-state index contributed by atoms with van der Waals surface area (Å²) in [5, 5.41) is 3.57. The predicted octanol–water partition coefficient (Wildman–Crippen LogP) is 1.97. The molecule has 1 aliphatic carbocycles. The Morgan fingerprint density at radius 3 is 2.93 bits per heavy atom. The first-order chi connectivity index (χ1) is 7.33. The molecule has 1 fully saturated rings. The summed E-state index contributed by atoms with van der Waals surface area (Å²) in [6.45, 7) is 5.63. The molecule has 0 bridgehead atoms. The van der Waals surface area contributed by atoms with Crippen molar-refractivity contribution in [3.8, 4) is 0 Å². The maximum absolute atomic E-state index is 4.38. The van der Waals surface area contributed by atoms with Crippen LogP contribution in [-0.4, -0.2) is 22.6 Å². The van der Waals surface area contributed by atoms with Crippen LogP contribution in [0.2, 0.25) is 0 Å². The van der Waals surface area contributed by atoms with Gasteiger partial charge in [0.1, 0.15) is 0 Å². The van der Waals surface area contributed by atoms with E-state index >= 15 is 0 Å². The molecule has 0 aromatic carbocycles. The quantitative estimate of drug-likeness (QED) is 0.816. The van der Waals surface area contributed by atoms with Crippen molar-refractivity contribution in [2.75, 3.05) is 6.54 Å². The largest absolute Gasteiger partial charge is 0.314 e. The molecular weight excluding hydrogens is 186 g/mol. The second kappa shape index (κ2) is 4.71. The Hall–Kier alpha value is -0.960. The molecule has 0 aliphatic heterocycles. The number of aromatic nitrogens is 2. The minimum absolute atomic E-state index is 0.605. The Balaban J connectivity index is 1.89. The minimum atomic E-state index is 0.605. The molecule has 0 radical (unpaired) electrons. The van der Waals surface area contributed by atoms with Crippen LogP contribution in [0.4, 0.5) is 0 Å². The van der Waals surface area contributed by atoms with Crippen LogP contribution in [-0.2, 0) is 0 Å². The molecule has 3 heteroatoms. The van der Waals surface area contributed by atoms with Crippen molar-refractivity contribution < 1.29 is 0 Å². The molecule has 1 aliphatic rings. The second-order valence-electron chi connectivity index (χ2n) is 4.39. The maximum atomic E-state index is 4.38. The molecule has 1 saturated carbocycles. The Morgan fingerprint density at radius 1 is 1.47 bits per heavy atom. The first-order valence-corrected chi connectivity index (χ1v) is 5.82. The fourth-order valence-electron chi connectivity index (χ4n) is 2.28. The molecule has 1 heterocycles. The summed E-state index contributed by atoms with van der Waals surface area (Å²) in [5.74, 6) is 1.29. The van der Waals surface area contributed by atoms with E-state index in [2.05, 4.69) is 29.1 Å². The van der Waals surface area contributed by atoms with Crippen molar-refractivity contribution in [2.45, 2.75) is 38.6 Å². The smallest absolute Gasteiger partial charge is 0.0621 e. The van der Waals surface area contributed by atoms with E-state index in [1.165, 1.54) is 12.8 Å². The third-order valence-electron chi connectivity index (χ3n) is 3.40. The van der Waals surface area contributed by atoms with Crippen molar-refractivity contribution in [2.24, 2.45) is 5.92 Å². The van der Waals surface area contributed by atoms with E-state index in [9.17, 15) is 0 Å². The van der Waals surface area contributed by atoms with Crippen molar-refractivity contribution in [3.63, 3.8) is 0 Å². The molecule has 1 aromatic rings. The van der Waals surface area contributed by atoms with Gasteiger partial charge in [0.2, 0.25) is 0 Å². The van der Waals surface area contributed by atoms with Crippen LogP contribution in [0.5, 0.6) is 0 Å². The van der Waals surface area contributed by atoms with Gasteiger partial charge in [-0.2, -0.15) is 0 Å². The normalized spacial score (nSPS) is 29.9. The van der Waals surface area contributed by atoms with Gasteiger partial charge in [0.05, 0.1) is 5.69 Å². The second-order valence-corrected chi connectivity index (χ2v) is 4.39. The summed E-state index contributed by atoms with van der Waals surface area (Å²) in [6.07, 6.45) is 7.84. The van der Waals surface area contributed by atoms with Crippen molar-refractivity contribution in [1.29, 1.82) is 0 Å². The molecule has 3 unspecified atom stereocenters. The Bertz CT molecular complexity index is 299. The Kier molecular flexibility index (Phi) is 3.31. The van der Waals surface area contributed by atoms with Gasteiger partial charge in [-0.15, -0.1) is 0 Å². The lowest BCUT2D eigenvalue weighted by atomic mass is 9.69. The zero-order chi connectivity index (χ0) is 10.7. The lowest BCUT2D eigenvalue weighted by molar-refractivity contribution is 0.181. The van der Waals surface area contributed by atoms with Gasteiger partial charge in [-0.1, -0.05) is 13.8 Å². The SMILES string of the molecule is CCCNC1CC(c2cnccn2)C1C. The van der Waals surface area contributed by atoms with Gasteiger partial charge in [0, 0.05) is 30.6 Å². The van der Waals surface area contributed by atoms with Crippen LogP contribution in [0.25, 0.3) is 0 Å². The zero-order valence-corrected chi connectivity index (χ0v) is 9.48. The van der Waals surface area contributed by atoms with Crippen molar-refractivity contribution in [3.05, 3.63) is 24.3 Å². The first kappa shape index (κ1) is 10.6. The van der Waals surface area contributed by atoms with Gasteiger partial charge >= 0.3 is 0 Å². The van der Waals surface area contributed by atoms with Crippen molar-refractivity contribution >= 4 is 0 Å². The van der Waals surface area contributed by atoms with E-state index in [4.69, 9.17) is 0 Å². The monoisotopic (exact) mass is 205 g/mol. The Morgan fingerprint density at radius 2 is 2.33 bits per heavy atom. The van der Waals surface area contributed by atoms with Crippen LogP contribution in [0, 0.1) is 5.92 Å². The summed E-state index contributed by atoms with van der Waals surface area (Å²) in [4.78, 5) is 8.50. The average molecular weight is 205 g/mol. The number of rotatable bonds is 4. The lowest BCUT2D eigenvalue weighted by Crippen LogP contribution is -2.48. The highest BCUT2D eigenvalue weighted by atomic mass is 14.9. The molecule has 3 nitrogen and oxygen atoms in total. The zero-order valence-electron chi connectivity index (χ0n) is 9.48. The summed E-state index contributed by atoms with van der Waals surface area (Å²) >= 11 is 0. The van der Waals surface area contributed by atoms with E-state index in [-0.39, 0.29) is 0 Å². The summed E-state index contributed by atoms with van der Waals surface area (Å²) in [5.41, 5.74) is 1.15. The molecule has 0 amide bonds. The molecule has 2 rings (SSSR count). The topological polar surface area (TPSA) is 37.8 Å². The van der Waals surface area contributed by atoms with E-state index < -0.39 is 0 Å². The molecule has 0 spiro atoms. The molecule has 82 valence electrons. The highest BCUT2D eigenvalue weighted by Gasteiger charge is 2.38. The highest BCUT2D eigenvalue weighted by Crippen LogP contribution is 2.41. The number of hydrogen-bond acceptors (Lipinski definition) is 3. The molecule has 1 N–H and O–H groups in total. The first-order valence-electron chi connectivity index (χ1n) is 5.82. The van der Waals surface area contributed by atoms with Gasteiger partial charge in [-0.25, -0.2) is 0 Å². The molecular formula is C12H19N3. The molecule has 3 atom stereocenters. The van der Waals surface area contributed by atoms with E-state index in [0.29, 0.717) is 17.9 Å². The van der Waals surface area contributed by atoms with Gasteiger partial charge < -0.3 is 5.32 Å². The fraction of sp³-hybridized carbons (Fsp3) is 0.667. The van der Waals surface area contributed by atoms with E-state index in [1.54, 1.807) is 12.4 Å². The van der Waals surface area contributed by atoms with Crippen LogP contribution in [0.15, 0.2) is 18.6 Å². The summed E-state index contributed by atoms with van der Waals surface area (Å²) in [7, 11) is 0.